The zero-order chi connectivity index (χ0) is 21.7. The molecular formula is C24H25ClN2O3. The van der Waals surface area contributed by atoms with Crippen LogP contribution in [0.5, 0.6) is 0 Å². The molecule has 156 valence electrons. The summed E-state index contributed by atoms with van der Waals surface area (Å²) in [7, 11) is 0. The maximum Gasteiger partial charge on any atom is 0.339 e. The third-order valence-corrected chi connectivity index (χ3v) is 5.45. The first-order chi connectivity index (χ1) is 14.4. The summed E-state index contributed by atoms with van der Waals surface area (Å²) in [6.45, 7) is 6.27. The maximum atomic E-state index is 12.6. The Kier molecular flexibility index (Phi) is 6.95. The van der Waals surface area contributed by atoms with Crippen LogP contribution >= 0.6 is 11.6 Å². The molecular weight excluding hydrogens is 400 g/mol. The van der Waals surface area contributed by atoms with Crippen molar-refractivity contribution >= 4 is 29.2 Å². The average Bonchev–Trinajstić information content (AvgIpc) is 3.07. The number of rotatable bonds is 7. The minimum atomic E-state index is -0.357. The first-order valence-corrected chi connectivity index (χ1v) is 10.3. The SMILES string of the molecule is CCOC(=O)c1cc(-c2ccccc2)n(CCC(=O)Nc2cccc(Cl)c2C)c1C. The fraction of sp³-hybridized carbons (Fsp3) is 0.250. The molecule has 3 rings (SSSR count). The summed E-state index contributed by atoms with van der Waals surface area (Å²) in [4.78, 5) is 25.0. The topological polar surface area (TPSA) is 60.3 Å². The Balaban J connectivity index is 1.84. The molecule has 0 aliphatic carbocycles. The number of nitrogens with zero attached hydrogens (tertiary/aromatic N) is 1. The minimum Gasteiger partial charge on any atom is -0.462 e. The number of carbonyl (C=O) groups is 2. The van der Waals surface area contributed by atoms with Crippen LogP contribution in [0.15, 0.2) is 54.6 Å². The molecule has 1 heterocycles. The first-order valence-electron chi connectivity index (χ1n) is 9.90. The normalized spacial score (nSPS) is 10.7. The summed E-state index contributed by atoms with van der Waals surface area (Å²) in [5, 5.41) is 3.53. The van der Waals surface area contributed by atoms with E-state index in [4.69, 9.17) is 16.3 Å². The lowest BCUT2D eigenvalue weighted by molar-refractivity contribution is -0.116. The van der Waals surface area contributed by atoms with E-state index < -0.39 is 0 Å². The molecule has 3 aromatic rings. The van der Waals surface area contributed by atoms with Crippen molar-refractivity contribution in [3.05, 3.63) is 76.4 Å². The number of nitrogens with one attached hydrogen (secondary N) is 1. The number of benzene rings is 2. The van der Waals surface area contributed by atoms with Gasteiger partial charge in [-0.05, 0) is 50.1 Å². The van der Waals surface area contributed by atoms with Crippen molar-refractivity contribution < 1.29 is 14.3 Å². The second-order valence-electron chi connectivity index (χ2n) is 6.98. The summed E-state index contributed by atoms with van der Waals surface area (Å²) < 4.78 is 7.19. The highest BCUT2D eigenvalue weighted by atomic mass is 35.5. The van der Waals surface area contributed by atoms with Crippen molar-refractivity contribution in [2.45, 2.75) is 33.7 Å². The van der Waals surface area contributed by atoms with Crippen LogP contribution in [-0.4, -0.2) is 23.1 Å². The van der Waals surface area contributed by atoms with Crippen LogP contribution in [0.25, 0.3) is 11.3 Å². The molecule has 0 unspecified atom stereocenters. The Morgan fingerprint density at radius 2 is 1.80 bits per heavy atom. The number of aromatic nitrogens is 1. The fourth-order valence-electron chi connectivity index (χ4n) is 3.37. The molecule has 0 aliphatic heterocycles. The zero-order valence-corrected chi connectivity index (χ0v) is 18.1. The third kappa shape index (κ3) is 4.74. The number of hydrogen-bond donors (Lipinski definition) is 1. The van der Waals surface area contributed by atoms with E-state index in [0.717, 1.165) is 22.5 Å². The van der Waals surface area contributed by atoms with E-state index in [9.17, 15) is 9.59 Å². The van der Waals surface area contributed by atoms with Gasteiger partial charge in [-0.2, -0.15) is 0 Å². The van der Waals surface area contributed by atoms with Gasteiger partial charge in [0.25, 0.3) is 0 Å². The molecule has 0 fully saturated rings. The second-order valence-corrected chi connectivity index (χ2v) is 7.38. The summed E-state index contributed by atoms with van der Waals surface area (Å²) in [6, 6.07) is 17.1. The third-order valence-electron chi connectivity index (χ3n) is 5.04. The number of halogens is 1. The van der Waals surface area contributed by atoms with Crippen LogP contribution in [0, 0.1) is 13.8 Å². The van der Waals surface area contributed by atoms with Gasteiger partial charge in [-0.25, -0.2) is 4.79 Å². The van der Waals surface area contributed by atoms with Crippen LogP contribution in [0.3, 0.4) is 0 Å². The Labute approximate surface area is 181 Å². The van der Waals surface area contributed by atoms with E-state index >= 15 is 0 Å². The molecule has 0 atom stereocenters. The lowest BCUT2D eigenvalue weighted by Gasteiger charge is -2.13. The summed E-state index contributed by atoms with van der Waals surface area (Å²) in [5.41, 5.74) is 4.68. The highest BCUT2D eigenvalue weighted by molar-refractivity contribution is 6.31. The average molecular weight is 425 g/mol. The first kappa shape index (κ1) is 21.7. The van der Waals surface area contributed by atoms with Crippen LogP contribution in [-0.2, 0) is 16.1 Å². The number of esters is 1. The summed E-state index contributed by atoms with van der Waals surface area (Å²) >= 11 is 6.14. The van der Waals surface area contributed by atoms with Crippen LogP contribution in [0.4, 0.5) is 5.69 Å². The van der Waals surface area contributed by atoms with Gasteiger partial charge in [0.2, 0.25) is 5.91 Å². The van der Waals surface area contributed by atoms with Gasteiger partial charge in [0.15, 0.2) is 0 Å². The van der Waals surface area contributed by atoms with Gasteiger partial charge in [0.1, 0.15) is 0 Å². The van der Waals surface area contributed by atoms with Gasteiger partial charge in [-0.3, -0.25) is 4.79 Å². The zero-order valence-electron chi connectivity index (χ0n) is 17.4. The molecule has 2 aromatic carbocycles. The van der Waals surface area contributed by atoms with Gasteiger partial charge in [-0.1, -0.05) is 48.0 Å². The molecule has 1 N–H and O–H groups in total. The van der Waals surface area contributed by atoms with Crippen LogP contribution in [0.2, 0.25) is 5.02 Å². The highest BCUT2D eigenvalue weighted by Crippen LogP contribution is 2.27. The minimum absolute atomic E-state index is 0.120. The molecule has 0 spiro atoms. The number of amides is 1. The number of carbonyl (C=O) groups excluding carboxylic acids is 2. The molecule has 0 bridgehead atoms. The molecule has 0 aliphatic rings. The van der Waals surface area contributed by atoms with Crippen molar-refractivity contribution in [2.75, 3.05) is 11.9 Å². The lowest BCUT2D eigenvalue weighted by atomic mass is 10.1. The molecule has 0 saturated carbocycles. The van der Waals surface area contributed by atoms with Gasteiger partial charge < -0.3 is 14.6 Å². The van der Waals surface area contributed by atoms with E-state index in [1.165, 1.54) is 0 Å². The molecule has 1 amide bonds. The molecule has 30 heavy (non-hydrogen) atoms. The van der Waals surface area contributed by atoms with Gasteiger partial charge in [-0.15, -0.1) is 0 Å². The summed E-state index contributed by atoms with van der Waals surface area (Å²) in [5.74, 6) is -0.477. The molecule has 0 radical (unpaired) electrons. The van der Waals surface area contributed by atoms with Crippen molar-refractivity contribution in [1.82, 2.24) is 4.57 Å². The number of anilines is 1. The largest absolute Gasteiger partial charge is 0.462 e. The predicted molar refractivity (Wildman–Crippen MR) is 120 cm³/mol. The molecule has 5 nitrogen and oxygen atoms in total. The van der Waals surface area contributed by atoms with E-state index in [1.54, 1.807) is 19.1 Å². The number of ether oxygens (including phenoxy) is 1. The van der Waals surface area contributed by atoms with Crippen LogP contribution in [0.1, 0.15) is 35.0 Å². The van der Waals surface area contributed by atoms with Gasteiger partial charge in [0.05, 0.1) is 12.2 Å². The van der Waals surface area contributed by atoms with Gasteiger partial charge >= 0.3 is 5.97 Å². The fourth-order valence-corrected chi connectivity index (χ4v) is 3.54. The van der Waals surface area contributed by atoms with Crippen molar-refractivity contribution in [3.63, 3.8) is 0 Å². The smallest absolute Gasteiger partial charge is 0.339 e. The lowest BCUT2D eigenvalue weighted by Crippen LogP contribution is -2.16. The molecule has 6 heteroatoms. The molecule has 1 aromatic heterocycles. The number of hydrogen-bond acceptors (Lipinski definition) is 3. The predicted octanol–water partition coefficient (Wildman–Crippen LogP) is 5.63. The Morgan fingerprint density at radius 1 is 1.07 bits per heavy atom. The van der Waals surface area contributed by atoms with E-state index in [1.807, 2.05) is 60.9 Å². The van der Waals surface area contributed by atoms with Crippen LogP contribution < -0.4 is 5.32 Å². The van der Waals surface area contributed by atoms with E-state index in [-0.39, 0.29) is 18.3 Å². The Morgan fingerprint density at radius 3 is 2.50 bits per heavy atom. The maximum absolute atomic E-state index is 12.6. The van der Waals surface area contributed by atoms with E-state index in [2.05, 4.69) is 5.32 Å². The second kappa shape index (κ2) is 9.63. The van der Waals surface area contributed by atoms with Gasteiger partial charge in [0, 0.05) is 35.1 Å². The van der Waals surface area contributed by atoms with Crippen molar-refractivity contribution in [3.8, 4) is 11.3 Å². The molecule has 0 saturated heterocycles. The monoisotopic (exact) mass is 424 g/mol. The van der Waals surface area contributed by atoms with Crippen molar-refractivity contribution in [1.29, 1.82) is 0 Å². The highest BCUT2D eigenvalue weighted by Gasteiger charge is 2.20. The Hall–Kier alpha value is -3.05. The van der Waals surface area contributed by atoms with Crippen molar-refractivity contribution in [2.24, 2.45) is 0 Å². The Bertz CT molecular complexity index is 1060. The van der Waals surface area contributed by atoms with E-state index in [0.29, 0.717) is 29.4 Å². The standard InChI is InChI=1S/C24H25ClN2O3/c1-4-30-24(29)19-15-22(18-9-6-5-7-10-18)27(17(19)3)14-13-23(28)26-21-12-8-11-20(25)16(21)2/h5-12,15H,4,13-14H2,1-3H3,(H,26,28). The summed E-state index contributed by atoms with van der Waals surface area (Å²) in [6.07, 6.45) is 0.254. The quantitative estimate of drug-likeness (QED) is 0.500.